The van der Waals surface area contributed by atoms with Gasteiger partial charge >= 0.3 is 6.09 Å². The molecule has 0 saturated carbocycles. The molecule has 1 aromatic carbocycles. The molecular formula is C29H40N8O4Si. The highest BCUT2D eigenvalue weighted by atomic mass is 28.4. The maximum atomic E-state index is 11.9. The lowest BCUT2D eigenvalue weighted by atomic mass is 9.86. The molecule has 0 bridgehead atoms. The SMILES string of the molecule is CC(C)(C)C(O[Si](C)(C)C(C)(C)C)[C@@H](Cn1nnc(-c2ccc(Oc3ccc(-c4ccn[nH]4)cn3)cc2)n1)OC(N)=O. The first-order chi connectivity index (χ1) is 19.6. The summed E-state index contributed by atoms with van der Waals surface area (Å²) in [6, 6.07) is 12.9. The Labute approximate surface area is 247 Å². The van der Waals surface area contributed by atoms with Crippen molar-refractivity contribution in [3.8, 4) is 34.3 Å². The van der Waals surface area contributed by atoms with E-state index in [1.54, 1.807) is 18.5 Å². The van der Waals surface area contributed by atoms with Crippen LogP contribution in [0.4, 0.5) is 4.79 Å². The highest BCUT2D eigenvalue weighted by Crippen LogP contribution is 2.41. The summed E-state index contributed by atoms with van der Waals surface area (Å²) in [5, 5.41) is 19.8. The van der Waals surface area contributed by atoms with Gasteiger partial charge in [-0.2, -0.15) is 9.90 Å². The molecule has 1 amide bonds. The van der Waals surface area contributed by atoms with Gasteiger partial charge in [0.15, 0.2) is 14.4 Å². The van der Waals surface area contributed by atoms with Crippen molar-refractivity contribution in [3.63, 3.8) is 0 Å². The van der Waals surface area contributed by atoms with Gasteiger partial charge in [0.1, 0.15) is 12.3 Å². The Hall–Kier alpha value is -4.10. The normalized spacial score (nSPS) is 13.9. The number of H-pyrrole nitrogens is 1. The smallest absolute Gasteiger partial charge is 0.404 e. The van der Waals surface area contributed by atoms with E-state index in [-0.39, 0.29) is 17.0 Å². The second-order valence-corrected chi connectivity index (χ2v) is 17.5. The van der Waals surface area contributed by atoms with Crippen LogP contribution in [0, 0.1) is 5.41 Å². The number of carbonyl (C=O) groups excluding carboxylic acids is 1. The summed E-state index contributed by atoms with van der Waals surface area (Å²) < 4.78 is 18.3. The first-order valence-corrected chi connectivity index (χ1v) is 16.7. The van der Waals surface area contributed by atoms with E-state index in [2.05, 4.69) is 85.2 Å². The van der Waals surface area contributed by atoms with Gasteiger partial charge < -0.3 is 19.6 Å². The lowest BCUT2D eigenvalue weighted by Crippen LogP contribution is -2.53. The number of carbonyl (C=O) groups is 1. The lowest BCUT2D eigenvalue weighted by molar-refractivity contribution is -0.0503. The second kappa shape index (κ2) is 12.0. The van der Waals surface area contributed by atoms with Crippen molar-refractivity contribution in [1.29, 1.82) is 0 Å². The molecule has 0 aliphatic carbocycles. The van der Waals surface area contributed by atoms with E-state index < -0.39 is 26.6 Å². The van der Waals surface area contributed by atoms with Gasteiger partial charge in [0.05, 0.1) is 11.8 Å². The van der Waals surface area contributed by atoms with E-state index in [4.69, 9.17) is 19.6 Å². The topological polar surface area (TPSA) is 156 Å². The summed E-state index contributed by atoms with van der Waals surface area (Å²) in [7, 11) is -2.22. The molecule has 0 radical (unpaired) electrons. The number of pyridine rings is 1. The summed E-state index contributed by atoms with van der Waals surface area (Å²) in [6.45, 7) is 17.1. The van der Waals surface area contributed by atoms with Crippen LogP contribution in [0.15, 0.2) is 54.9 Å². The molecule has 4 rings (SSSR count). The lowest BCUT2D eigenvalue weighted by Gasteiger charge is -2.45. The number of hydrogen-bond donors (Lipinski definition) is 2. The Balaban J connectivity index is 1.47. The number of amides is 1. The molecule has 0 spiro atoms. The molecular weight excluding hydrogens is 552 g/mol. The highest BCUT2D eigenvalue weighted by molar-refractivity contribution is 6.74. The van der Waals surface area contributed by atoms with Crippen LogP contribution in [-0.4, -0.2) is 62.0 Å². The fraction of sp³-hybridized carbons (Fsp3) is 0.448. The molecule has 3 heterocycles. The van der Waals surface area contributed by atoms with Crippen molar-refractivity contribution in [2.24, 2.45) is 11.1 Å². The van der Waals surface area contributed by atoms with E-state index in [1.807, 2.05) is 36.4 Å². The summed E-state index contributed by atoms with van der Waals surface area (Å²) >= 11 is 0. The summed E-state index contributed by atoms with van der Waals surface area (Å²) in [4.78, 5) is 17.7. The van der Waals surface area contributed by atoms with E-state index >= 15 is 0 Å². The quantitative estimate of drug-likeness (QED) is 0.217. The largest absolute Gasteiger partial charge is 0.442 e. The standard InChI is InChI=1S/C29H40N8O4Si/c1-28(2,3)25(41-42(7,8)29(4,5)6)23(40-27(30)38)18-37-35-26(34-36-37)19-9-12-21(13-10-19)39-24-14-11-20(17-31-24)22-15-16-32-33-22/h9-17,23,25H,18H2,1-8H3,(H2,30,38)(H,32,33)/t23-,25?/m1/s1. The van der Waals surface area contributed by atoms with Crippen molar-refractivity contribution in [2.45, 2.75) is 78.4 Å². The molecule has 3 aromatic heterocycles. The zero-order chi connectivity index (χ0) is 30.7. The first kappa shape index (κ1) is 30.8. The highest BCUT2D eigenvalue weighted by Gasteiger charge is 2.45. The monoisotopic (exact) mass is 592 g/mol. The molecule has 224 valence electrons. The third-order valence-electron chi connectivity index (χ3n) is 7.37. The number of hydrogen-bond acceptors (Lipinski definition) is 9. The van der Waals surface area contributed by atoms with Crippen LogP contribution in [0.2, 0.25) is 18.1 Å². The van der Waals surface area contributed by atoms with Crippen LogP contribution in [0.25, 0.3) is 22.6 Å². The zero-order valence-corrected chi connectivity index (χ0v) is 26.5. The summed E-state index contributed by atoms with van der Waals surface area (Å²) in [6.07, 6.45) is 1.36. The van der Waals surface area contributed by atoms with Crippen molar-refractivity contribution < 1.29 is 18.7 Å². The van der Waals surface area contributed by atoms with Crippen molar-refractivity contribution in [3.05, 3.63) is 54.9 Å². The van der Waals surface area contributed by atoms with E-state index in [1.165, 1.54) is 4.80 Å². The van der Waals surface area contributed by atoms with E-state index in [9.17, 15) is 4.79 Å². The molecule has 12 nitrogen and oxygen atoms in total. The molecule has 0 fully saturated rings. The average Bonchev–Trinajstić information content (AvgIpc) is 3.59. The fourth-order valence-corrected chi connectivity index (χ4v) is 5.55. The molecule has 4 aromatic rings. The summed E-state index contributed by atoms with van der Waals surface area (Å²) in [5.41, 5.74) is 7.66. The maximum Gasteiger partial charge on any atom is 0.404 e. The van der Waals surface area contributed by atoms with Gasteiger partial charge in [0.25, 0.3) is 0 Å². The van der Waals surface area contributed by atoms with Crippen LogP contribution in [0.1, 0.15) is 41.5 Å². The molecule has 0 aliphatic heterocycles. The van der Waals surface area contributed by atoms with Gasteiger partial charge in [-0.05, 0) is 65.2 Å². The number of benzene rings is 1. The number of nitrogens with zero attached hydrogens (tertiary/aromatic N) is 6. The van der Waals surface area contributed by atoms with Crippen LogP contribution in [0.3, 0.4) is 0 Å². The van der Waals surface area contributed by atoms with Crippen LogP contribution >= 0.6 is 0 Å². The Kier molecular flexibility index (Phi) is 8.83. The number of tetrazole rings is 1. The number of aromatic nitrogens is 7. The molecule has 13 heteroatoms. The van der Waals surface area contributed by atoms with Gasteiger partial charge in [-0.3, -0.25) is 5.10 Å². The third kappa shape index (κ3) is 7.59. The van der Waals surface area contributed by atoms with Crippen LogP contribution in [0.5, 0.6) is 11.6 Å². The van der Waals surface area contributed by atoms with Crippen LogP contribution < -0.4 is 10.5 Å². The van der Waals surface area contributed by atoms with Gasteiger partial charge in [-0.1, -0.05) is 41.5 Å². The van der Waals surface area contributed by atoms with Crippen LogP contribution in [-0.2, 0) is 15.7 Å². The van der Waals surface area contributed by atoms with Gasteiger partial charge in [0.2, 0.25) is 11.7 Å². The number of nitrogens with one attached hydrogen (secondary N) is 1. The Morgan fingerprint density at radius 2 is 1.71 bits per heavy atom. The number of ether oxygens (including phenoxy) is 2. The Bertz CT molecular complexity index is 1460. The predicted octanol–water partition coefficient (Wildman–Crippen LogP) is 5.82. The maximum absolute atomic E-state index is 11.9. The van der Waals surface area contributed by atoms with E-state index in [0.717, 1.165) is 16.8 Å². The van der Waals surface area contributed by atoms with Crippen molar-refractivity contribution in [1.82, 2.24) is 35.4 Å². The first-order valence-electron chi connectivity index (χ1n) is 13.8. The number of primary amides is 1. The molecule has 1 unspecified atom stereocenters. The zero-order valence-electron chi connectivity index (χ0n) is 25.5. The molecule has 2 atom stereocenters. The Morgan fingerprint density at radius 1 is 1.02 bits per heavy atom. The Morgan fingerprint density at radius 3 is 2.26 bits per heavy atom. The summed E-state index contributed by atoms with van der Waals surface area (Å²) in [5.74, 6) is 1.49. The number of aromatic amines is 1. The minimum absolute atomic E-state index is 0.0397. The van der Waals surface area contributed by atoms with E-state index in [0.29, 0.717) is 17.5 Å². The average molecular weight is 593 g/mol. The van der Waals surface area contributed by atoms with Crippen molar-refractivity contribution >= 4 is 14.4 Å². The minimum Gasteiger partial charge on any atom is -0.442 e. The molecule has 0 saturated heterocycles. The fourth-order valence-electron chi connectivity index (χ4n) is 4.06. The third-order valence-corrected chi connectivity index (χ3v) is 11.8. The minimum atomic E-state index is -2.22. The predicted molar refractivity (Wildman–Crippen MR) is 161 cm³/mol. The second-order valence-electron chi connectivity index (χ2n) is 12.8. The molecule has 0 aliphatic rings. The van der Waals surface area contributed by atoms with Gasteiger partial charge in [-0.25, -0.2) is 9.78 Å². The van der Waals surface area contributed by atoms with Gasteiger partial charge in [0, 0.05) is 29.6 Å². The van der Waals surface area contributed by atoms with Gasteiger partial charge in [-0.15, -0.1) is 10.2 Å². The molecule has 42 heavy (non-hydrogen) atoms. The van der Waals surface area contributed by atoms with Crippen molar-refractivity contribution in [2.75, 3.05) is 0 Å². The number of nitrogens with two attached hydrogens (primary N) is 1. The number of rotatable bonds is 10. The molecule has 3 N–H and O–H groups in total.